The number of carbonyl (C=O) groups is 3. The first-order chi connectivity index (χ1) is 9.13. The zero-order valence-corrected chi connectivity index (χ0v) is 12.4. The van der Waals surface area contributed by atoms with Gasteiger partial charge in [0.2, 0.25) is 5.91 Å². The maximum atomic E-state index is 12.0. The van der Waals surface area contributed by atoms with E-state index in [0.29, 0.717) is 6.54 Å². The summed E-state index contributed by atoms with van der Waals surface area (Å²) in [4.78, 5) is 36.4. The summed E-state index contributed by atoms with van der Waals surface area (Å²) in [6, 6.07) is -0.756. The van der Waals surface area contributed by atoms with Gasteiger partial charge < -0.3 is 26.0 Å². The van der Waals surface area contributed by atoms with Gasteiger partial charge in [0.05, 0.1) is 0 Å². The molecule has 4 N–H and O–H groups in total. The van der Waals surface area contributed by atoms with Crippen LogP contribution in [0.25, 0.3) is 0 Å². The van der Waals surface area contributed by atoms with Gasteiger partial charge >= 0.3 is 12.0 Å². The Morgan fingerprint density at radius 1 is 1.20 bits per heavy atom. The Morgan fingerprint density at radius 2 is 1.75 bits per heavy atom. The maximum absolute atomic E-state index is 12.0. The Balaban J connectivity index is 4.77. The Morgan fingerprint density at radius 3 is 2.10 bits per heavy atom. The van der Waals surface area contributed by atoms with Gasteiger partial charge in [0.25, 0.3) is 0 Å². The van der Waals surface area contributed by atoms with E-state index in [1.54, 1.807) is 0 Å². The van der Waals surface area contributed by atoms with Gasteiger partial charge in [-0.25, -0.2) is 4.79 Å². The first kappa shape index (κ1) is 18.2. The molecule has 0 aliphatic carbocycles. The van der Waals surface area contributed by atoms with Crippen LogP contribution in [0.1, 0.15) is 13.8 Å². The van der Waals surface area contributed by atoms with Crippen molar-refractivity contribution in [2.45, 2.75) is 19.9 Å². The number of nitrogens with zero attached hydrogens (tertiary/aromatic N) is 2. The maximum Gasteiger partial charge on any atom is 0.323 e. The van der Waals surface area contributed by atoms with Crippen LogP contribution in [-0.2, 0) is 9.59 Å². The lowest BCUT2D eigenvalue weighted by Crippen LogP contribution is -2.53. The number of nitrogens with one attached hydrogen (secondary N) is 1. The van der Waals surface area contributed by atoms with Gasteiger partial charge in [-0.05, 0) is 20.0 Å². The van der Waals surface area contributed by atoms with E-state index in [9.17, 15) is 14.4 Å². The predicted octanol–water partition coefficient (Wildman–Crippen LogP) is -0.846. The van der Waals surface area contributed by atoms with Crippen molar-refractivity contribution < 1.29 is 19.5 Å². The molecule has 0 rings (SSSR count). The van der Waals surface area contributed by atoms with Crippen LogP contribution in [0.3, 0.4) is 0 Å². The molecule has 8 heteroatoms. The lowest BCUT2D eigenvalue weighted by atomic mass is 10.0. The summed E-state index contributed by atoms with van der Waals surface area (Å²) in [6.45, 7) is 3.52. The monoisotopic (exact) mass is 288 g/mol. The highest BCUT2D eigenvalue weighted by atomic mass is 16.4. The summed E-state index contributed by atoms with van der Waals surface area (Å²) in [5.74, 6) is -1.79. The van der Waals surface area contributed by atoms with Crippen LogP contribution in [0.4, 0.5) is 4.79 Å². The number of carbonyl (C=O) groups excluding carboxylic acids is 2. The first-order valence-corrected chi connectivity index (χ1v) is 6.33. The minimum Gasteiger partial charge on any atom is -0.480 e. The molecule has 0 fully saturated rings. The fourth-order valence-corrected chi connectivity index (χ4v) is 1.62. The molecule has 0 bridgehead atoms. The molecule has 20 heavy (non-hydrogen) atoms. The van der Waals surface area contributed by atoms with Crippen LogP contribution in [0.5, 0.6) is 0 Å². The van der Waals surface area contributed by atoms with E-state index < -0.39 is 31.0 Å². The molecule has 8 nitrogen and oxygen atoms in total. The molecule has 0 saturated carbocycles. The van der Waals surface area contributed by atoms with Crippen LogP contribution < -0.4 is 11.1 Å². The third kappa shape index (κ3) is 7.57. The van der Waals surface area contributed by atoms with Gasteiger partial charge in [-0.1, -0.05) is 13.8 Å². The van der Waals surface area contributed by atoms with Crippen LogP contribution in [0, 0.1) is 5.92 Å². The second-order valence-electron chi connectivity index (χ2n) is 5.28. The van der Waals surface area contributed by atoms with Crippen LogP contribution in [-0.4, -0.2) is 72.6 Å². The number of primary amides is 1. The zero-order chi connectivity index (χ0) is 15.9. The van der Waals surface area contributed by atoms with E-state index >= 15 is 0 Å². The normalized spacial score (nSPS) is 12.3. The standard InChI is InChI=1S/C12H24N4O4/c1-8(2)9(5-15(3)4)14-12(20)16(6-10(13)17)7-11(18)19/h8-9H,5-7H2,1-4H3,(H2,13,17)(H,14,20)(H,18,19). The van der Waals surface area contributed by atoms with E-state index in [-0.39, 0.29) is 12.0 Å². The van der Waals surface area contributed by atoms with Gasteiger partial charge in [-0.2, -0.15) is 0 Å². The molecule has 3 amide bonds. The largest absolute Gasteiger partial charge is 0.480 e. The molecular formula is C12H24N4O4. The van der Waals surface area contributed by atoms with E-state index in [0.717, 1.165) is 4.90 Å². The molecule has 0 aromatic heterocycles. The molecule has 0 aromatic carbocycles. The Labute approximate surface area is 118 Å². The summed E-state index contributed by atoms with van der Waals surface area (Å²) in [7, 11) is 3.75. The van der Waals surface area contributed by atoms with E-state index in [2.05, 4.69) is 5.32 Å². The number of urea groups is 1. The number of amides is 3. The van der Waals surface area contributed by atoms with Crippen LogP contribution >= 0.6 is 0 Å². The van der Waals surface area contributed by atoms with Crippen molar-refractivity contribution in [2.24, 2.45) is 11.7 Å². The van der Waals surface area contributed by atoms with E-state index in [1.165, 1.54) is 0 Å². The molecule has 0 aliphatic heterocycles. The highest BCUT2D eigenvalue weighted by Crippen LogP contribution is 2.04. The van der Waals surface area contributed by atoms with Crippen molar-refractivity contribution >= 4 is 17.9 Å². The van der Waals surface area contributed by atoms with Gasteiger partial charge in [-0.3, -0.25) is 9.59 Å². The van der Waals surface area contributed by atoms with Crippen molar-refractivity contribution in [3.05, 3.63) is 0 Å². The van der Waals surface area contributed by atoms with Crippen molar-refractivity contribution in [3.63, 3.8) is 0 Å². The number of aliphatic carboxylic acids is 1. The minimum atomic E-state index is -1.20. The van der Waals surface area contributed by atoms with Crippen molar-refractivity contribution in [1.29, 1.82) is 0 Å². The Hall–Kier alpha value is -1.83. The molecule has 1 atom stereocenters. The number of rotatable bonds is 8. The topological polar surface area (TPSA) is 116 Å². The fourth-order valence-electron chi connectivity index (χ4n) is 1.62. The molecule has 0 aliphatic rings. The van der Waals surface area contributed by atoms with Gasteiger partial charge in [0, 0.05) is 12.6 Å². The van der Waals surface area contributed by atoms with E-state index in [1.807, 2.05) is 32.8 Å². The number of nitrogens with two attached hydrogens (primary N) is 1. The number of carboxylic acids is 1. The third-order valence-electron chi connectivity index (χ3n) is 2.64. The van der Waals surface area contributed by atoms with Gasteiger partial charge in [0.15, 0.2) is 0 Å². The van der Waals surface area contributed by atoms with Gasteiger partial charge in [0.1, 0.15) is 13.1 Å². The summed E-state index contributed by atoms with van der Waals surface area (Å²) in [5, 5.41) is 11.5. The quantitative estimate of drug-likeness (QED) is 0.538. The highest BCUT2D eigenvalue weighted by molar-refractivity contribution is 5.86. The van der Waals surface area contributed by atoms with Crippen molar-refractivity contribution in [2.75, 3.05) is 33.7 Å². The summed E-state index contributed by atoms with van der Waals surface area (Å²) >= 11 is 0. The highest BCUT2D eigenvalue weighted by Gasteiger charge is 2.23. The third-order valence-corrected chi connectivity index (χ3v) is 2.64. The average molecular weight is 288 g/mol. The molecule has 0 radical (unpaired) electrons. The zero-order valence-electron chi connectivity index (χ0n) is 12.4. The average Bonchev–Trinajstić information content (AvgIpc) is 2.24. The van der Waals surface area contributed by atoms with Crippen LogP contribution in [0.15, 0.2) is 0 Å². The molecule has 0 saturated heterocycles. The van der Waals surface area contributed by atoms with Gasteiger partial charge in [-0.15, -0.1) is 0 Å². The Kier molecular flexibility index (Phi) is 7.60. The molecule has 0 aromatic rings. The van der Waals surface area contributed by atoms with Crippen LogP contribution in [0.2, 0.25) is 0 Å². The smallest absolute Gasteiger partial charge is 0.323 e. The predicted molar refractivity (Wildman–Crippen MR) is 74.1 cm³/mol. The second-order valence-corrected chi connectivity index (χ2v) is 5.28. The summed E-state index contributed by atoms with van der Waals surface area (Å²) in [6.07, 6.45) is 0. The number of likely N-dealkylation sites (N-methyl/N-ethyl adjacent to an activating group) is 1. The van der Waals surface area contributed by atoms with Crippen molar-refractivity contribution in [1.82, 2.24) is 15.1 Å². The number of hydrogen-bond donors (Lipinski definition) is 3. The molecule has 0 heterocycles. The van der Waals surface area contributed by atoms with Crippen molar-refractivity contribution in [3.8, 4) is 0 Å². The lowest BCUT2D eigenvalue weighted by molar-refractivity contribution is -0.137. The molecule has 0 spiro atoms. The molecular weight excluding hydrogens is 264 g/mol. The number of hydrogen-bond acceptors (Lipinski definition) is 4. The summed E-state index contributed by atoms with van der Waals surface area (Å²) < 4.78 is 0. The Bertz CT molecular complexity index is 341. The molecule has 1 unspecified atom stereocenters. The molecule has 116 valence electrons. The lowest BCUT2D eigenvalue weighted by Gasteiger charge is -2.28. The summed E-state index contributed by atoms with van der Waals surface area (Å²) in [5.41, 5.74) is 5.02. The fraction of sp³-hybridized carbons (Fsp3) is 0.750. The minimum absolute atomic E-state index is 0.151. The SMILES string of the molecule is CC(C)C(CN(C)C)NC(=O)N(CC(N)=O)CC(=O)O. The number of carboxylic acid groups (broad SMARTS) is 1. The first-order valence-electron chi connectivity index (χ1n) is 6.33. The second kappa shape index (κ2) is 8.36. The van der Waals surface area contributed by atoms with E-state index in [4.69, 9.17) is 10.8 Å².